The highest BCUT2D eigenvalue weighted by Crippen LogP contribution is 1.99. The molecule has 0 saturated heterocycles. The van der Waals surface area contributed by atoms with Crippen molar-refractivity contribution in [3.63, 3.8) is 0 Å². The van der Waals surface area contributed by atoms with E-state index in [1.54, 1.807) is 12.5 Å². The van der Waals surface area contributed by atoms with Crippen LogP contribution in [0.5, 0.6) is 0 Å². The topological polar surface area (TPSA) is 54.3 Å². The van der Waals surface area contributed by atoms with E-state index < -0.39 is 0 Å². The number of amides is 1. The summed E-state index contributed by atoms with van der Waals surface area (Å²) >= 11 is 0. The van der Waals surface area contributed by atoms with E-state index in [4.69, 9.17) is 4.42 Å². The minimum atomic E-state index is 0.0321. The molecule has 16 heavy (non-hydrogen) atoms. The Morgan fingerprint density at radius 2 is 2.19 bits per heavy atom. The van der Waals surface area contributed by atoms with Crippen LogP contribution in [0.2, 0.25) is 0 Å². The normalized spacial score (nSPS) is 12.8. The van der Waals surface area contributed by atoms with Crippen LogP contribution in [0.4, 0.5) is 0 Å². The molecule has 0 bridgehead atoms. The number of nitrogens with one attached hydrogen (secondary N) is 2. The molecule has 0 spiro atoms. The van der Waals surface area contributed by atoms with Gasteiger partial charge in [0.2, 0.25) is 5.91 Å². The van der Waals surface area contributed by atoms with Crippen LogP contribution in [0.15, 0.2) is 23.0 Å². The van der Waals surface area contributed by atoms with Crippen molar-refractivity contribution >= 4 is 5.91 Å². The van der Waals surface area contributed by atoms with Gasteiger partial charge in [0.25, 0.3) is 0 Å². The largest absolute Gasteiger partial charge is 0.472 e. The molecule has 1 unspecified atom stereocenters. The highest BCUT2D eigenvalue weighted by atomic mass is 16.3. The summed E-state index contributed by atoms with van der Waals surface area (Å²) in [6.45, 7) is 7.18. The van der Waals surface area contributed by atoms with Crippen molar-refractivity contribution in [2.75, 3.05) is 6.54 Å². The smallest absolute Gasteiger partial charge is 0.234 e. The third-order valence-electron chi connectivity index (χ3n) is 2.58. The van der Waals surface area contributed by atoms with Gasteiger partial charge in [0, 0.05) is 18.2 Å². The van der Waals surface area contributed by atoms with Gasteiger partial charge in [-0.3, -0.25) is 4.79 Å². The highest BCUT2D eigenvalue weighted by Gasteiger charge is 2.09. The first-order chi connectivity index (χ1) is 7.59. The summed E-state index contributed by atoms with van der Waals surface area (Å²) in [5.41, 5.74) is 1.05. The third kappa shape index (κ3) is 4.49. The van der Waals surface area contributed by atoms with Crippen molar-refractivity contribution in [3.05, 3.63) is 24.2 Å². The standard InChI is InChI=1S/C12H20N2O2/c1-9(2)10(3)14-12(15)7-13-6-11-4-5-16-8-11/h4-5,8-10,13H,6-7H2,1-3H3,(H,14,15). The van der Waals surface area contributed by atoms with Crippen molar-refractivity contribution < 1.29 is 9.21 Å². The average molecular weight is 224 g/mol. The number of hydrogen-bond donors (Lipinski definition) is 2. The predicted octanol–water partition coefficient (Wildman–Crippen LogP) is 1.53. The van der Waals surface area contributed by atoms with Crippen LogP contribution in [-0.2, 0) is 11.3 Å². The van der Waals surface area contributed by atoms with Gasteiger partial charge in [-0.15, -0.1) is 0 Å². The minimum Gasteiger partial charge on any atom is -0.472 e. The van der Waals surface area contributed by atoms with E-state index >= 15 is 0 Å². The van der Waals surface area contributed by atoms with Crippen molar-refractivity contribution in [2.45, 2.75) is 33.4 Å². The molecular weight excluding hydrogens is 204 g/mol. The maximum atomic E-state index is 11.5. The second kappa shape index (κ2) is 6.33. The molecule has 0 aliphatic heterocycles. The Bertz CT molecular complexity index is 307. The lowest BCUT2D eigenvalue weighted by Crippen LogP contribution is -2.41. The van der Waals surface area contributed by atoms with Crippen LogP contribution in [0.25, 0.3) is 0 Å². The van der Waals surface area contributed by atoms with Crippen molar-refractivity contribution in [1.82, 2.24) is 10.6 Å². The molecule has 1 amide bonds. The molecule has 0 saturated carbocycles. The van der Waals surface area contributed by atoms with Crippen molar-refractivity contribution in [3.8, 4) is 0 Å². The first-order valence-electron chi connectivity index (χ1n) is 5.60. The first-order valence-corrected chi connectivity index (χ1v) is 5.60. The number of furan rings is 1. The zero-order chi connectivity index (χ0) is 12.0. The SMILES string of the molecule is CC(C)C(C)NC(=O)CNCc1ccoc1. The third-order valence-corrected chi connectivity index (χ3v) is 2.58. The Balaban J connectivity index is 2.15. The molecule has 0 radical (unpaired) electrons. The van der Waals surface area contributed by atoms with Crippen LogP contribution in [0.3, 0.4) is 0 Å². The molecule has 1 aromatic rings. The fraction of sp³-hybridized carbons (Fsp3) is 0.583. The molecular formula is C12H20N2O2. The minimum absolute atomic E-state index is 0.0321. The van der Waals surface area contributed by atoms with E-state index in [-0.39, 0.29) is 11.9 Å². The van der Waals surface area contributed by atoms with Gasteiger partial charge >= 0.3 is 0 Å². The van der Waals surface area contributed by atoms with Gasteiger partial charge in [0.15, 0.2) is 0 Å². The number of hydrogen-bond acceptors (Lipinski definition) is 3. The Hall–Kier alpha value is -1.29. The monoisotopic (exact) mass is 224 g/mol. The molecule has 1 aromatic heterocycles. The summed E-state index contributed by atoms with van der Waals surface area (Å²) in [6.07, 6.45) is 3.29. The lowest BCUT2D eigenvalue weighted by molar-refractivity contribution is -0.121. The zero-order valence-corrected chi connectivity index (χ0v) is 10.1. The van der Waals surface area contributed by atoms with Gasteiger partial charge in [-0.25, -0.2) is 0 Å². The van der Waals surface area contributed by atoms with Gasteiger partial charge in [-0.05, 0) is 18.9 Å². The van der Waals surface area contributed by atoms with E-state index in [0.29, 0.717) is 19.0 Å². The van der Waals surface area contributed by atoms with Gasteiger partial charge in [-0.2, -0.15) is 0 Å². The van der Waals surface area contributed by atoms with Crippen LogP contribution in [-0.4, -0.2) is 18.5 Å². The summed E-state index contributed by atoms with van der Waals surface area (Å²) < 4.78 is 4.93. The molecule has 0 fully saturated rings. The molecule has 0 aliphatic rings. The molecule has 4 heteroatoms. The molecule has 0 aromatic carbocycles. The van der Waals surface area contributed by atoms with E-state index in [1.165, 1.54) is 0 Å². The summed E-state index contributed by atoms with van der Waals surface area (Å²) in [7, 11) is 0. The molecule has 2 N–H and O–H groups in total. The van der Waals surface area contributed by atoms with Crippen LogP contribution < -0.4 is 10.6 Å². The van der Waals surface area contributed by atoms with Crippen molar-refractivity contribution in [1.29, 1.82) is 0 Å². The number of rotatable bonds is 6. The van der Waals surface area contributed by atoms with E-state index in [1.807, 2.05) is 13.0 Å². The lowest BCUT2D eigenvalue weighted by atomic mass is 10.1. The zero-order valence-electron chi connectivity index (χ0n) is 10.1. The Morgan fingerprint density at radius 3 is 2.75 bits per heavy atom. The Kier molecular flexibility index (Phi) is 5.05. The van der Waals surface area contributed by atoms with Crippen LogP contribution in [0, 0.1) is 5.92 Å². The molecule has 1 atom stereocenters. The Morgan fingerprint density at radius 1 is 1.44 bits per heavy atom. The first kappa shape index (κ1) is 12.8. The lowest BCUT2D eigenvalue weighted by Gasteiger charge is -2.17. The summed E-state index contributed by atoms with van der Waals surface area (Å²) in [6, 6.07) is 2.09. The molecule has 1 rings (SSSR count). The number of carbonyl (C=O) groups is 1. The Labute approximate surface area is 96.4 Å². The predicted molar refractivity (Wildman–Crippen MR) is 62.9 cm³/mol. The van der Waals surface area contributed by atoms with Gasteiger partial charge in [-0.1, -0.05) is 13.8 Å². The average Bonchev–Trinajstić information content (AvgIpc) is 2.70. The summed E-state index contributed by atoms with van der Waals surface area (Å²) in [4.78, 5) is 11.5. The van der Waals surface area contributed by atoms with E-state index in [0.717, 1.165) is 5.56 Å². The van der Waals surface area contributed by atoms with E-state index in [9.17, 15) is 4.79 Å². The fourth-order valence-electron chi connectivity index (χ4n) is 1.19. The van der Waals surface area contributed by atoms with Crippen LogP contribution >= 0.6 is 0 Å². The van der Waals surface area contributed by atoms with Crippen LogP contribution in [0.1, 0.15) is 26.3 Å². The van der Waals surface area contributed by atoms with Gasteiger partial charge in [0.1, 0.15) is 0 Å². The second-order valence-electron chi connectivity index (χ2n) is 4.34. The molecule has 4 nitrogen and oxygen atoms in total. The second-order valence-corrected chi connectivity index (χ2v) is 4.34. The summed E-state index contributed by atoms with van der Waals surface area (Å²) in [5, 5.41) is 5.99. The number of carbonyl (C=O) groups excluding carboxylic acids is 1. The molecule has 0 aliphatic carbocycles. The maximum Gasteiger partial charge on any atom is 0.234 e. The molecule has 90 valence electrons. The van der Waals surface area contributed by atoms with Gasteiger partial charge in [0.05, 0.1) is 19.1 Å². The highest BCUT2D eigenvalue weighted by molar-refractivity contribution is 5.78. The van der Waals surface area contributed by atoms with Crippen molar-refractivity contribution in [2.24, 2.45) is 5.92 Å². The fourth-order valence-corrected chi connectivity index (χ4v) is 1.19. The maximum absolute atomic E-state index is 11.5. The van der Waals surface area contributed by atoms with Gasteiger partial charge < -0.3 is 15.1 Å². The van der Waals surface area contributed by atoms with E-state index in [2.05, 4.69) is 24.5 Å². The molecule has 1 heterocycles. The summed E-state index contributed by atoms with van der Waals surface area (Å²) in [5.74, 6) is 0.488. The quantitative estimate of drug-likeness (QED) is 0.770.